The lowest BCUT2D eigenvalue weighted by Crippen LogP contribution is -2.52. The lowest BCUT2D eigenvalue weighted by Gasteiger charge is -2.35. The van der Waals surface area contributed by atoms with Crippen molar-refractivity contribution in [2.75, 3.05) is 26.2 Å². The number of thiophene rings is 1. The summed E-state index contributed by atoms with van der Waals surface area (Å²) in [4.78, 5) is 30.9. The van der Waals surface area contributed by atoms with Crippen LogP contribution in [-0.2, 0) is 4.79 Å². The fraction of sp³-hybridized carbons (Fsp3) is 0.478. The molecule has 2 amide bonds. The summed E-state index contributed by atoms with van der Waals surface area (Å²) in [5.74, 6) is -0.0818. The van der Waals surface area contributed by atoms with Crippen LogP contribution in [-0.4, -0.2) is 53.8 Å². The Balaban J connectivity index is 1.46. The van der Waals surface area contributed by atoms with Gasteiger partial charge in [-0.3, -0.25) is 14.5 Å². The molecule has 1 aromatic heterocycles. The first-order valence-electron chi connectivity index (χ1n) is 10.7. The molecule has 4 rings (SSSR count). The van der Waals surface area contributed by atoms with Crippen molar-refractivity contribution in [3.05, 3.63) is 57.2 Å². The van der Waals surface area contributed by atoms with Gasteiger partial charge in [0.05, 0.1) is 10.9 Å². The fourth-order valence-corrected chi connectivity index (χ4v) is 5.41. The van der Waals surface area contributed by atoms with Gasteiger partial charge in [-0.1, -0.05) is 29.8 Å². The summed E-state index contributed by atoms with van der Waals surface area (Å²) in [5, 5.41) is 5.78. The highest BCUT2D eigenvalue weighted by Gasteiger charge is 2.34. The predicted molar refractivity (Wildman–Crippen MR) is 121 cm³/mol. The standard InChI is InChI=1S/C23H28ClN3O2S/c24-18-8-5-7-17(15-18)20(26-11-3-4-12-26)16-25-22(28)19-9-1-2-13-27(19)23(29)21-10-6-14-30-21/h5-8,10,14-15,19-20H,1-4,9,11-13,16H2,(H,25,28). The van der Waals surface area contributed by atoms with Crippen LogP contribution in [0, 0.1) is 0 Å². The highest BCUT2D eigenvalue weighted by Crippen LogP contribution is 2.27. The molecule has 2 atom stereocenters. The third-order valence-corrected chi connectivity index (χ3v) is 7.18. The molecule has 2 fully saturated rings. The number of carbonyl (C=O) groups is 2. The third kappa shape index (κ3) is 4.88. The van der Waals surface area contributed by atoms with E-state index in [1.807, 2.05) is 35.7 Å². The quantitative estimate of drug-likeness (QED) is 0.719. The Kier molecular flexibility index (Phi) is 7.08. The van der Waals surface area contributed by atoms with Crippen LogP contribution in [0.25, 0.3) is 0 Å². The number of piperidine rings is 1. The van der Waals surface area contributed by atoms with Gasteiger partial charge < -0.3 is 10.2 Å². The van der Waals surface area contributed by atoms with Crippen LogP contribution >= 0.6 is 22.9 Å². The molecule has 160 valence electrons. The minimum Gasteiger partial charge on any atom is -0.352 e. The molecule has 0 saturated carbocycles. The maximum Gasteiger partial charge on any atom is 0.264 e. The van der Waals surface area contributed by atoms with Crippen LogP contribution in [0.2, 0.25) is 5.02 Å². The molecular weight excluding hydrogens is 418 g/mol. The minimum absolute atomic E-state index is 0.0317. The van der Waals surface area contributed by atoms with Crippen LogP contribution in [0.5, 0.6) is 0 Å². The molecular formula is C23H28ClN3O2S. The SMILES string of the molecule is O=C(NCC(c1cccc(Cl)c1)N1CCCC1)C1CCCCN1C(=O)c1cccs1. The zero-order valence-electron chi connectivity index (χ0n) is 17.1. The number of hydrogen-bond acceptors (Lipinski definition) is 4. The van der Waals surface area contributed by atoms with Crippen molar-refractivity contribution in [2.45, 2.75) is 44.2 Å². The molecule has 7 heteroatoms. The van der Waals surface area contributed by atoms with Gasteiger partial charge in [-0.25, -0.2) is 0 Å². The third-order valence-electron chi connectivity index (χ3n) is 6.08. The maximum atomic E-state index is 13.2. The van der Waals surface area contributed by atoms with Gasteiger partial charge in [-0.2, -0.15) is 0 Å². The van der Waals surface area contributed by atoms with Crippen molar-refractivity contribution in [3.63, 3.8) is 0 Å². The van der Waals surface area contributed by atoms with E-state index in [4.69, 9.17) is 11.6 Å². The number of nitrogens with zero attached hydrogens (tertiary/aromatic N) is 2. The number of hydrogen-bond donors (Lipinski definition) is 1. The number of halogens is 1. The zero-order chi connectivity index (χ0) is 20.9. The second-order valence-corrected chi connectivity index (χ2v) is 9.43. The van der Waals surface area contributed by atoms with Gasteiger partial charge in [0.25, 0.3) is 5.91 Å². The van der Waals surface area contributed by atoms with E-state index < -0.39 is 6.04 Å². The van der Waals surface area contributed by atoms with Gasteiger partial charge >= 0.3 is 0 Å². The maximum absolute atomic E-state index is 13.2. The zero-order valence-corrected chi connectivity index (χ0v) is 18.6. The summed E-state index contributed by atoms with van der Waals surface area (Å²) >= 11 is 7.66. The highest BCUT2D eigenvalue weighted by molar-refractivity contribution is 7.12. The van der Waals surface area contributed by atoms with Gasteiger partial charge in [-0.05, 0) is 74.3 Å². The van der Waals surface area contributed by atoms with Crippen molar-refractivity contribution in [3.8, 4) is 0 Å². The molecule has 2 aliphatic heterocycles. The fourth-order valence-electron chi connectivity index (χ4n) is 4.53. The largest absolute Gasteiger partial charge is 0.352 e. The summed E-state index contributed by atoms with van der Waals surface area (Å²) < 4.78 is 0. The number of rotatable bonds is 6. The van der Waals surface area contributed by atoms with Crippen LogP contribution < -0.4 is 5.32 Å². The van der Waals surface area contributed by atoms with Gasteiger partial charge in [0, 0.05) is 18.1 Å². The van der Waals surface area contributed by atoms with E-state index in [2.05, 4.69) is 16.3 Å². The number of amides is 2. The molecule has 0 bridgehead atoms. The molecule has 3 heterocycles. The molecule has 30 heavy (non-hydrogen) atoms. The molecule has 0 radical (unpaired) electrons. The van der Waals surface area contributed by atoms with Crippen molar-refractivity contribution in [1.82, 2.24) is 15.1 Å². The van der Waals surface area contributed by atoms with Crippen LogP contribution in [0.15, 0.2) is 41.8 Å². The molecule has 2 unspecified atom stereocenters. The number of benzene rings is 1. The van der Waals surface area contributed by atoms with E-state index >= 15 is 0 Å². The summed E-state index contributed by atoms with van der Waals surface area (Å²) in [6.07, 6.45) is 4.98. The summed E-state index contributed by atoms with van der Waals surface area (Å²) in [6.45, 7) is 3.22. The molecule has 5 nitrogen and oxygen atoms in total. The van der Waals surface area contributed by atoms with Gasteiger partial charge in [0.15, 0.2) is 0 Å². The first-order chi connectivity index (χ1) is 14.6. The molecule has 2 aromatic rings. The van der Waals surface area contributed by atoms with Crippen molar-refractivity contribution in [2.24, 2.45) is 0 Å². The summed E-state index contributed by atoms with van der Waals surface area (Å²) in [5.41, 5.74) is 1.12. The first-order valence-corrected chi connectivity index (χ1v) is 12.0. The van der Waals surface area contributed by atoms with E-state index in [1.54, 1.807) is 4.90 Å². The summed E-state index contributed by atoms with van der Waals surface area (Å²) in [7, 11) is 0. The smallest absolute Gasteiger partial charge is 0.264 e. The highest BCUT2D eigenvalue weighted by atomic mass is 35.5. The minimum atomic E-state index is -0.396. The Morgan fingerprint density at radius 3 is 2.63 bits per heavy atom. The second kappa shape index (κ2) is 9.94. The van der Waals surface area contributed by atoms with E-state index in [9.17, 15) is 9.59 Å². The molecule has 1 aromatic carbocycles. The lowest BCUT2D eigenvalue weighted by molar-refractivity contribution is -0.126. The Hall–Kier alpha value is -1.89. The van der Waals surface area contributed by atoms with Gasteiger partial charge in [0.1, 0.15) is 6.04 Å². The molecule has 1 N–H and O–H groups in total. The molecule has 0 spiro atoms. The van der Waals surface area contributed by atoms with Gasteiger partial charge in [0.2, 0.25) is 5.91 Å². The molecule has 2 aliphatic rings. The predicted octanol–water partition coefficient (Wildman–Crippen LogP) is 4.35. The van der Waals surface area contributed by atoms with Crippen molar-refractivity contribution < 1.29 is 9.59 Å². The Morgan fingerprint density at radius 2 is 1.90 bits per heavy atom. The monoisotopic (exact) mass is 445 g/mol. The van der Waals surface area contributed by atoms with Crippen LogP contribution in [0.3, 0.4) is 0 Å². The second-order valence-electron chi connectivity index (χ2n) is 8.05. The number of likely N-dealkylation sites (tertiary alicyclic amines) is 2. The van der Waals surface area contributed by atoms with Crippen LogP contribution in [0.1, 0.15) is 53.4 Å². The van der Waals surface area contributed by atoms with Gasteiger partial charge in [-0.15, -0.1) is 11.3 Å². The molecule has 0 aliphatic carbocycles. The number of carbonyl (C=O) groups excluding carboxylic acids is 2. The number of nitrogens with one attached hydrogen (secondary N) is 1. The van der Waals surface area contributed by atoms with E-state index in [1.165, 1.54) is 24.2 Å². The average Bonchev–Trinajstić information content (AvgIpc) is 3.48. The van der Waals surface area contributed by atoms with E-state index in [0.717, 1.165) is 31.5 Å². The normalized spacial score (nSPS) is 20.8. The van der Waals surface area contributed by atoms with Crippen molar-refractivity contribution >= 4 is 34.8 Å². The van der Waals surface area contributed by atoms with E-state index in [0.29, 0.717) is 29.4 Å². The Labute approximate surface area is 187 Å². The Bertz CT molecular complexity index is 867. The van der Waals surface area contributed by atoms with Crippen molar-refractivity contribution in [1.29, 1.82) is 0 Å². The summed E-state index contributed by atoms with van der Waals surface area (Å²) in [6, 6.07) is 11.3. The van der Waals surface area contributed by atoms with Crippen LogP contribution in [0.4, 0.5) is 0 Å². The topological polar surface area (TPSA) is 52.7 Å². The molecule has 2 saturated heterocycles. The lowest BCUT2D eigenvalue weighted by atomic mass is 10.0. The van der Waals surface area contributed by atoms with E-state index in [-0.39, 0.29) is 17.9 Å². The Morgan fingerprint density at radius 1 is 1.10 bits per heavy atom. The average molecular weight is 446 g/mol. The first kappa shape index (κ1) is 21.3.